The van der Waals surface area contributed by atoms with Crippen molar-refractivity contribution in [3.8, 4) is 11.5 Å². The van der Waals surface area contributed by atoms with E-state index in [1.54, 1.807) is 30.3 Å². The van der Waals surface area contributed by atoms with E-state index in [9.17, 15) is 4.79 Å². The lowest BCUT2D eigenvalue weighted by atomic mass is 10.2. The molecule has 2 aromatic rings. The van der Waals surface area contributed by atoms with E-state index in [0.717, 1.165) is 0 Å². The highest BCUT2D eigenvalue weighted by Gasteiger charge is 2.27. The van der Waals surface area contributed by atoms with Crippen LogP contribution in [-0.4, -0.2) is 18.6 Å². The molecule has 108 valence electrons. The number of anilines is 2. The van der Waals surface area contributed by atoms with Crippen molar-refractivity contribution >= 4 is 33.2 Å². The number of ether oxygens (including phenoxy) is 2. The molecule has 3 rings (SSSR count). The van der Waals surface area contributed by atoms with Gasteiger partial charge in [-0.15, -0.1) is 0 Å². The Morgan fingerprint density at radius 3 is 2.76 bits per heavy atom. The summed E-state index contributed by atoms with van der Waals surface area (Å²) in [5, 5.41) is 2.79. The lowest BCUT2D eigenvalue weighted by Crippen LogP contribution is -2.40. The van der Waals surface area contributed by atoms with E-state index < -0.39 is 6.10 Å². The Kier molecular flexibility index (Phi) is 3.70. The third-order valence-electron chi connectivity index (χ3n) is 3.05. The third kappa shape index (κ3) is 2.95. The standard InChI is InChI=1S/C15H13BrN2O3/c16-10-7-9(17)5-6-11(10)18-15(19)14-8-20-12-3-1-2-4-13(12)21-14/h1-7,14H,8,17H2,(H,18,19). The number of nitrogens with one attached hydrogen (secondary N) is 1. The van der Waals surface area contributed by atoms with Crippen LogP contribution in [0.15, 0.2) is 46.9 Å². The normalized spacial score (nSPS) is 16.3. The highest BCUT2D eigenvalue weighted by atomic mass is 79.9. The Balaban J connectivity index is 1.72. The van der Waals surface area contributed by atoms with Crippen molar-refractivity contribution in [2.75, 3.05) is 17.7 Å². The van der Waals surface area contributed by atoms with Crippen molar-refractivity contribution < 1.29 is 14.3 Å². The maximum Gasteiger partial charge on any atom is 0.269 e. The minimum absolute atomic E-state index is 0.176. The summed E-state index contributed by atoms with van der Waals surface area (Å²) < 4.78 is 11.9. The molecule has 0 saturated carbocycles. The molecule has 21 heavy (non-hydrogen) atoms. The van der Waals surface area contributed by atoms with Gasteiger partial charge in [0.05, 0.1) is 5.69 Å². The first-order valence-corrected chi connectivity index (χ1v) is 7.17. The zero-order chi connectivity index (χ0) is 14.8. The monoisotopic (exact) mass is 348 g/mol. The molecule has 0 aliphatic carbocycles. The number of hydrogen-bond donors (Lipinski definition) is 2. The first kappa shape index (κ1) is 13.8. The SMILES string of the molecule is Nc1ccc(NC(=O)C2COc3ccccc3O2)c(Br)c1. The van der Waals surface area contributed by atoms with Gasteiger partial charge >= 0.3 is 0 Å². The molecule has 1 aliphatic heterocycles. The topological polar surface area (TPSA) is 73.6 Å². The highest BCUT2D eigenvalue weighted by Crippen LogP contribution is 2.31. The molecule has 1 heterocycles. The number of fused-ring (bicyclic) bond motifs is 1. The van der Waals surface area contributed by atoms with Gasteiger partial charge in [-0.3, -0.25) is 4.79 Å². The fraction of sp³-hybridized carbons (Fsp3) is 0.133. The van der Waals surface area contributed by atoms with Gasteiger partial charge in [-0.1, -0.05) is 12.1 Å². The molecule has 0 bridgehead atoms. The second-order valence-corrected chi connectivity index (χ2v) is 5.45. The average molecular weight is 349 g/mol. The number of halogens is 1. The molecule has 6 heteroatoms. The second-order valence-electron chi connectivity index (χ2n) is 4.59. The zero-order valence-electron chi connectivity index (χ0n) is 11.0. The van der Waals surface area contributed by atoms with Crippen LogP contribution in [0.5, 0.6) is 11.5 Å². The van der Waals surface area contributed by atoms with Gasteiger partial charge in [0.25, 0.3) is 5.91 Å². The Labute approximate surface area is 130 Å². The quantitative estimate of drug-likeness (QED) is 0.818. The molecule has 5 nitrogen and oxygen atoms in total. The molecule has 0 fully saturated rings. The van der Waals surface area contributed by atoms with Crippen molar-refractivity contribution in [1.82, 2.24) is 0 Å². The second kappa shape index (κ2) is 5.65. The molecule has 0 saturated heterocycles. The van der Waals surface area contributed by atoms with Gasteiger partial charge in [-0.25, -0.2) is 0 Å². The van der Waals surface area contributed by atoms with Gasteiger partial charge < -0.3 is 20.5 Å². The van der Waals surface area contributed by atoms with E-state index in [0.29, 0.717) is 27.3 Å². The summed E-state index contributed by atoms with van der Waals surface area (Å²) in [5.41, 5.74) is 6.92. The summed E-state index contributed by atoms with van der Waals surface area (Å²) in [4.78, 5) is 12.2. The molecule has 0 aromatic heterocycles. The Morgan fingerprint density at radius 1 is 1.24 bits per heavy atom. The van der Waals surface area contributed by atoms with Crippen LogP contribution in [0.1, 0.15) is 0 Å². The van der Waals surface area contributed by atoms with Crippen LogP contribution >= 0.6 is 15.9 Å². The van der Waals surface area contributed by atoms with E-state index in [1.807, 2.05) is 12.1 Å². The molecule has 1 amide bonds. The number of nitrogens with two attached hydrogens (primary N) is 1. The number of amides is 1. The van der Waals surface area contributed by atoms with Crippen LogP contribution in [0.4, 0.5) is 11.4 Å². The van der Waals surface area contributed by atoms with Crippen LogP contribution < -0.4 is 20.5 Å². The molecule has 1 aliphatic rings. The van der Waals surface area contributed by atoms with Gasteiger partial charge in [-0.05, 0) is 46.3 Å². The van der Waals surface area contributed by atoms with Gasteiger partial charge in [0.15, 0.2) is 11.5 Å². The molecule has 0 spiro atoms. The molecular weight excluding hydrogens is 336 g/mol. The average Bonchev–Trinajstić information content (AvgIpc) is 2.49. The third-order valence-corrected chi connectivity index (χ3v) is 3.71. The van der Waals surface area contributed by atoms with E-state index in [4.69, 9.17) is 15.2 Å². The largest absolute Gasteiger partial charge is 0.485 e. The minimum atomic E-state index is -0.690. The molecule has 0 radical (unpaired) electrons. The molecular formula is C15H13BrN2O3. The summed E-state index contributed by atoms with van der Waals surface area (Å²) in [6.45, 7) is 0.176. The maximum atomic E-state index is 12.2. The fourth-order valence-corrected chi connectivity index (χ4v) is 2.49. The van der Waals surface area contributed by atoms with Crippen molar-refractivity contribution in [1.29, 1.82) is 0 Å². The lowest BCUT2D eigenvalue weighted by molar-refractivity contribution is -0.125. The molecule has 1 atom stereocenters. The predicted octanol–water partition coefficient (Wildman–Crippen LogP) is 2.81. The Bertz CT molecular complexity index is 690. The van der Waals surface area contributed by atoms with Crippen LogP contribution in [0.25, 0.3) is 0 Å². The maximum absolute atomic E-state index is 12.2. The zero-order valence-corrected chi connectivity index (χ0v) is 12.6. The van der Waals surface area contributed by atoms with Gasteiger partial charge in [0.2, 0.25) is 6.10 Å². The van der Waals surface area contributed by atoms with Gasteiger partial charge in [0, 0.05) is 10.2 Å². The van der Waals surface area contributed by atoms with E-state index in [2.05, 4.69) is 21.2 Å². The summed E-state index contributed by atoms with van der Waals surface area (Å²) in [7, 11) is 0. The van der Waals surface area contributed by atoms with Crippen LogP contribution in [0.3, 0.4) is 0 Å². The van der Waals surface area contributed by atoms with Crippen molar-refractivity contribution in [2.45, 2.75) is 6.10 Å². The first-order valence-electron chi connectivity index (χ1n) is 6.38. The highest BCUT2D eigenvalue weighted by molar-refractivity contribution is 9.10. The number of hydrogen-bond acceptors (Lipinski definition) is 4. The predicted molar refractivity (Wildman–Crippen MR) is 83.5 cm³/mol. The van der Waals surface area contributed by atoms with Crippen molar-refractivity contribution in [2.24, 2.45) is 0 Å². The van der Waals surface area contributed by atoms with E-state index in [1.165, 1.54) is 0 Å². The first-order chi connectivity index (χ1) is 10.1. The van der Waals surface area contributed by atoms with E-state index in [-0.39, 0.29) is 12.5 Å². The van der Waals surface area contributed by atoms with Crippen LogP contribution in [0.2, 0.25) is 0 Å². The number of nitrogen functional groups attached to an aromatic ring is 1. The number of carbonyl (C=O) groups excluding carboxylic acids is 1. The lowest BCUT2D eigenvalue weighted by Gasteiger charge is -2.25. The number of para-hydroxylation sites is 2. The fourth-order valence-electron chi connectivity index (χ4n) is 1.99. The molecule has 2 aromatic carbocycles. The summed E-state index contributed by atoms with van der Waals surface area (Å²) in [6, 6.07) is 12.4. The summed E-state index contributed by atoms with van der Waals surface area (Å²) in [6.07, 6.45) is -0.690. The number of rotatable bonds is 2. The summed E-state index contributed by atoms with van der Waals surface area (Å²) in [5.74, 6) is 0.950. The van der Waals surface area contributed by atoms with E-state index >= 15 is 0 Å². The summed E-state index contributed by atoms with van der Waals surface area (Å²) >= 11 is 3.36. The van der Waals surface area contributed by atoms with Crippen molar-refractivity contribution in [3.05, 3.63) is 46.9 Å². The van der Waals surface area contributed by atoms with Gasteiger partial charge in [0.1, 0.15) is 6.61 Å². The molecule has 3 N–H and O–H groups in total. The van der Waals surface area contributed by atoms with Gasteiger partial charge in [-0.2, -0.15) is 0 Å². The Hall–Kier alpha value is -2.21. The Morgan fingerprint density at radius 2 is 2.00 bits per heavy atom. The molecule has 1 unspecified atom stereocenters. The number of carbonyl (C=O) groups is 1. The van der Waals surface area contributed by atoms with Crippen LogP contribution in [0, 0.1) is 0 Å². The number of benzene rings is 2. The minimum Gasteiger partial charge on any atom is -0.485 e. The van der Waals surface area contributed by atoms with Crippen molar-refractivity contribution in [3.63, 3.8) is 0 Å². The smallest absolute Gasteiger partial charge is 0.269 e. The van der Waals surface area contributed by atoms with Crippen LogP contribution in [-0.2, 0) is 4.79 Å².